The van der Waals surface area contributed by atoms with Crippen LogP contribution in [0.1, 0.15) is 10.5 Å². The molecule has 0 spiro atoms. The van der Waals surface area contributed by atoms with E-state index < -0.39 is 0 Å². The summed E-state index contributed by atoms with van der Waals surface area (Å²) in [6.07, 6.45) is 1.48. The van der Waals surface area contributed by atoms with Crippen LogP contribution in [0.5, 0.6) is 0 Å². The Morgan fingerprint density at radius 3 is 2.38 bits per heavy atom. The zero-order valence-corrected chi connectivity index (χ0v) is 14.8. The minimum Gasteiger partial charge on any atom is -0.379 e. The van der Waals surface area contributed by atoms with Crippen molar-refractivity contribution in [2.24, 2.45) is 0 Å². The van der Waals surface area contributed by atoms with Gasteiger partial charge in [0.15, 0.2) is 0 Å². The molecule has 7 nitrogen and oxygen atoms in total. The normalized spacial score (nSPS) is 14.7. The highest BCUT2D eigenvalue weighted by atomic mass is 35.5. The summed E-state index contributed by atoms with van der Waals surface area (Å²) in [5.41, 5.74) is 1.51. The van der Waals surface area contributed by atoms with Crippen LogP contribution in [0.15, 0.2) is 42.6 Å². The molecule has 1 saturated heterocycles. The minimum absolute atomic E-state index is 0.0770. The lowest BCUT2D eigenvalue weighted by Crippen LogP contribution is -2.41. The molecule has 2 aromatic rings. The topological polar surface area (TPSA) is 83.6 Å². The third-order valence-corrected chi connectivity index (χ3v) is 4.09. The highest BCUT2D eigenvalue weighted by molar-refractivity contribution is 6.30. The molecule has 1 aromatic heterocycles. The Morgan fingerprint density at radius 2 is 1.73 bits per heavy atom. The quantitative estimate of drug-likeness (QED) is 0.838. The van der Waals surface area contributed by atoms with Crippen LogP contribution in [-0.4, -0.2) is 54.5 Å². The van der Waals surface area contributed by atoms with E-state index in [2.05, 4.69) is 15.6 Å². The molecule has 2 amide bonds. The Labute approximate surface area is 156 Å². The van der Waals surface area contributed by atoms with E-state index in [1.807, 2.05) is 4.90 Å². The Hall–Kier alpha value is -2.48. The van der Waals surface area contributed by atoms with Crippen molar-refractivity contribution in [1.82, 2.24) is 9.88 Å². The summed E-state index contributed by atoms with van der Waals surface area (Å²) in [4.78, 5) is 30.2. The molecule has 1 aromatic carbocycles. The van der Waals surface area contributed by atoms with E-state index >= 15 is 0 Å². The molecule has 0 bridgehead atoms. The third kappa shape index (κ3) is 5.26. The van der Waals surface area contributed by atoms with Crippen LogP contribution in [0.25, 0.3) is 0 Å². The molecule has 2 N–H and O–H groups in total. The number of carbonyl (C=O) groups excluding carboxylic acids is 2. The van der Waals surface area contributed by atoms with E-state index in [1.165, 1.54) is 12.3 Å². The van der Waals surface area contributed by atoms with Gasteiger partial charge >= 0.3 is 0 Å². The number of morpholine rings is 1. The van der Waals surface area contributed by atoms with E-state index in [4.69, 9.17) is 16.3 Å². The fourth-order valence-electron chi connectivity index (χ4n) is 2.52. The lowest BCUT2D eigenvalue weighted by molar-refractivity contribution is -0.118. The Bertz CT molecular complexity index is 776. The Kier molecular flexibility index (Phi) is 6.17. The molecule has 0 aliphatic carbocycles. The maximum absolute atomic E-state index is 12.1. The van der Waals surface area contributed by atoms with E-state index in [0.29, 0.717) is 36.2 Å². The van der Waals surface area contributed by atoms with Gasteiger partial charge in [0, 0.05) is 35.7 Å². The molecule has 0 atom stereocenters. The number of nitrogens with one attached hydrogen (secondary N) is 2. The van der Waals surface area contributed by atoms with Crippen molar-refractivity contribution in [3.05, 3.63) is 53.3 Å². The summed E-state index contributed by atoms with van der Waals surface area (Å²) in [5.74, 6) is -0.427. The fraction of sp³-hybridized carbons (Fsp3) is 0.278. The van der Waals surface area contributed by atoms with Gasteiger partial charge in [-0.2, -0.15) is 0 Å². The third-order valence-electron chi connectivity index (χ3n) is 3.85. The van der Waals surface area contributed by atoms with Crippen LogP contribution in [-0.2, 0) is 9.53 Å². The number of pyridine rings is 1. The van der Waals surface area contributed by atoms with E-state index in [1.54, 1.807) is 30.3 Å². The first kappa shape index (κ1) is 18.3. The van der Waals surface area contributed by atoms with Crippen molar-refractivity contribution in [3.8, 4) is 0 Å². The second-order valence-electron chi connectivity index (χ2n) is 5.83. The molecular weight excluding hydrogens is 356 g/mol. The standard InChI is InChI=1S/C18H19ClN4O3/c19-13-5-6-20-16(11-13)18(25)22-15-3-1-14(2-4-15)21-17(24)12-23-7-9-26-10-8-23/h1-6,11H,7-10,12H2,(H,21,24)(H,22,25). The second-order valence-corrected chi connectivity index (χ2v) is 6.26. The van der Waals surface area contributed by atoms with Crippen LogP contribution in [0.3, 0.4) is 0 Å². The zero-order valence-electron chi connectivity index (χ0n) is 14.1. The Morgan fingerprint density at radius 1 is 1.08 bits per heavy atom. The molecule has 26 heavy (non-hydrogen) atoms. The van der Waals surface area contributed by atoms with Crippen LogP contribution in [0, 0.1) is 0 Å². The van der Waals surface area contributed by atoms with Crippen molar-refractivity contribution in [2.75, 3.05) is 43.5 Å². The fourth-order valence-corrected chi connectivity index (χ4v) is 2.68. The highest BCUT2D eigenvalue weighted by Gasteiger charge is 2.14. The molecule has 0 saturated carbocycles. The maximum atomic E-state index is 12.1. The van der Waals surface area contributed by atoms with Crippen LogP contribution in [0.4, 0.5) is 11.4 Å². The molecule has 1 aliphatic heterocycles. The van der Waals surface area contributed by atoms with Crippen LogP contribution < -0.4 is 10.6 Å². The van der Waals surface area contributed by atoms with Gasteiger partial charge in [0.25, 0.3) is 5.91 Å². The van der Waals surface area contributed by atoms with E-state index in [9.17, 15) is 9.59 Å². The first-order chi connectivity index (χ1) is 12.6. The number of ether oxygens (including phenoxy) is 1. The number of carbonyl (C=O) groups is 2. The first-order valence-corrected chi connectivity index (χ1v) is 8.61. The lowest BCUT2D eigenvalue weighted by atomic mass is 10.2. The monoisotopic (exact) mass is 374 g/mol. The molecule has 0 radical (unpaired) electrons. The van der Waals surface area contributed by atoms with Gasteiger partial charge in [-0.1, -0.05) is 11.6 Å². The predicted molar refractivity (Wildman–Crippen MR) is 99.5 cm³/mol. The van der Waals surface area contributed by atoms with Gasteiger partial charge in [0.2, 0.25) is 5.91 Å². The number of aromatic nitrogens is 1. The lowest BCUT2D eigenvalue weighted by Gasteiger charge is -2.25. The number of benzene rings is 1. The highest BCUT2D eigenvalue weighted by Crippen LogP contribution is 2.15. The molecule has 136 valence electrons. The van der Waals surface area contributed by atoms with Gasteiger partial charge in [-0.25, -0.2) is 0 Å². The SMILES string of the molecule is O=C(CN1CCOCC1)Nc1ccc(NC(=O)c2cc(Cl)ccn2)cc1. The number of rotatable bonds is 5. The van der Waals surface area contributed by atoms with Crippen LogP contribution in [0.2, 0.25) is 5.02 Å². The summed E-state index contributed by atoms with van der Waals surface area (Å²) in [5, 5.41) is 6.03. The van der Waals surface area contributed by atoms with Gasteiger partial charge < -0.3 is 15.4 Å². The van der Waals surface area contributed by atoms with Crippen molar-refractivity contribution >= 4 is 34.8 Å². The zero-order chi connectivity index (χ0) is 18.4. The molecular formula is C18H19ClN4O3. The smallest absolute Gasteiger partial charge is 0.274 e. The van der Waals surface area contributed by atoms with Crippen molar-refractivity contribution < 1.29 is 14.3 Å². The largest absolute Gasteiger partial charge is 0.379 e. The second kappa shape index (κ2) is 8.75. The van der Waals surface area contributed by atoms with E-state index in [-0.39, 0.29) is 17.5 Å². The molecule has 0 unspecified atom stereocenters. The van der Waals surface area contributed by atoms with Gasteiger partial charge in [0.05, 0.1) is 19.8 Å². The van der Waals surface area contributed by atoms with Crippen molar-refractivity contribution in [2.45, 2.75) is 0 Å². The summed E-state index contributed by atoms with van der Waals surface area (Å²) in [6, 6.07) is 10.00. The molecule has 2 heterocycles. The molecule has 1 aliphatic rings. The number of anilines is 2. The number of hydrogen-bond donors (Lipinski definition) is 2. The number of hydrogen-bond acceptors (Lipinski definition) is 5. The van der Waals surface area contributed by atoms with Crippen molar-refractivity contribution in [3.63, 3.8) is 0 Å². The summed E-state index contributed by atoms with van der Waals surface area (Å²) < 4.78 is 5.26. The number of amides is 2. The van der Waals surface area contributed by atoms with Gasteiger partial charge in [0.1, 0.15) is 5.69 Å². The van der Waals surface area contributed by atoms with E-state index in [0.717, 1.165) is 13.1 Å². The van der Waals surface area contributed by atoms with Gasteiger partial charge in [-0.15, -0.1) is 0 Å². The minimum atomic E-state index is -0.350. The number of nitrogens with zero attached hydrogens (tertiary/aromatic N) is 2. The molecule has 1 fully saturated rings. The average molecular weight is 375 g/mol. The van der Waals surface area contributed by atoms with Crippen molar-refractivity contribution in [1.29, 1.82) is 0 Å². The average Bonchev–Trinajstić information content (AvgIpc) is 2.64. The van der Waals surface area contributed by atoms with Gasteiger partial charge in [-0.05, 0) is 36.4 Å². The first-order valence-electron chi connectivity index (χ1n) is 8.23. The van der Waals surface area contributed by atoms with Gasteiger partial charge in [-0.3, -0.25) is 19.5 Å². The summed E-state index contributed by atoms with van der Waals surface area (Å²) in [6.45, 7) is 3.17. The predicted octanol–water partition coefficient (Wildman–Crippen LogP) is 2.26. The maximum Gasteiger partial charge on any atom is 0.274 e. The molecule has 3 rings (SSSR count). The van der Waals surface area contributed by atoms with Crippen LogP contribution >= 0.6 is 11.6 Å². The summed E-state index contributed by atoms with van der Waals surface area (Å²) >= 11 is 5.86. The Balaban J connectivity index is 1.53. The summed E-state index contributed by atoms with van der Waals surface area (Å²) in [7, 11) is 0. The number of halogens is 1. The molecule has 8 heteroatoms.